The SMILES string of the molecule is CO/N=C(\C(=O)N[C@@H]1C(=O)N2C(C(=O)O)=C(CON=CC(F)F)CS[C@H]12)c1csc(N)n1. The van der Waals surface area contributed by atoms with Crippen LogP contribution in [0.4, 0.5) is 13.9 Å². The fraction of sp³-hybridized carbons (Fsp3) is 0.375. The molecule has 2 aliphatic heterocycles. The van der Waals surface area contributed by atoms with Gasteiger partial charge in [-0.05, 0) is 0 Å². The van der Waals surface area contributed by atoms with Crippen molar-refractivity contribution in [2.45, 2.75) is 17.8 Å². The summed E-state index contributed by atoms with van der Waals surface area (Å²) in [5.41, 5.74) is 5.37. The molecule has 2 atom stereocenters. The van der Waals surface area contributed by atoms with Crippen molar-refractivity contribution in [1.29, 1.82) is 0 Å². The second-order valence-corrected chi connectivity index (χ2v) is 8.17. The first-order valence-corrected chi connectivity index (χ1v) is 10.6. The molecular formula is C16H16F2N6O6S2. The van der Waals surface area contributed by atoms with Crippen LogP contribution >= 0.6 is 23.1 Å². The van der Waals surface area contributed by atoms with Crippen molar-refractivity contribution in [3.63, 3.8) is 0 Å². The van der Waals surface area contributed by atoms with Crippen LogP contribution in [-0.4, -0.2) is 82.0 Å². The van der Waals surface area contributed by atoms with E-state index < -0.39 is 35.6 Å². The predicted molar refractivity (Wildman–Crippen MR) is 110 cm³/mol. The van der Waals surface area contributed by atoms with Gasteiger partial charge in [0.05, 0.1) is 0 Å². The first-order valence-electron chi connectivity index (χ1n) is 8.71. The Labute approximate surface area is 187 Å². The molecule has 1 aromatic rings. The van der Waals surface area contributed by atoms with Crippen LogP contribution in [0.2, 0.25) is 0 Å². The lowest BCUT2D eigenvalue weighted by molar-refractivity contribution is -0.150. The van der Waals surface area contributed by atoms with E-state index in [1.807, 2.05) is 0 Å². The van der Waals surface area contributed by atoms with Crippen molar-refractivity contribution < 1.29 is 37.9 Å². The Balaban J connectivity index is 1.73. The van der Waals surface area contributed by atoms with Gasteiger partial charge in [-0.3, -0.25) is 14.5 Å². The number of nitrogens with two attached hydrogens (primary N) is 1. The number of halogens is 2. The number of thioether (sulfide) groups is 1. The van der Waals surface area contributed by atoms with Crippen molar-refractivity contribution in [2.75, 3.05) is 25.2 Å². The normalized spacial score (nSPS) is 20.9. The van der Waals surface area contributed by atoms with E-state index in [1.165, 1.54) is 24.3 Å². The molecule has 0 radical (unpaired) electrons. The zero-order valence-corrected chi connectivity index (χ0v) is 17.9. The van der Waals surface area contributed by atoms with E-state index in [1.54, 1.807) is 0 Å². The molecule has 2 aliphatic rings. The van der Waals surface area contributed by atoms with Crippen molar-refractivity contribution in [3.05, 3.63) is 22.3 Å². The van der Waals surface area contributed by atoms with Gasteiger partial charge in [0.25, 0.3) is 18.2 Å². The molecule has 0 unspecified atom stereocenters. The second-order valence-electron chi connectivity index (χ2n) is 6.17. The lowest BCUT2D eigenvalue weighted by atomic mass is 10.0. The highest BCUT2D eigenvalue weighted by molar-refractivity contribution is 8.00. The molecule has 0 saturated carbocycles. The van der Waals surface area contributed by atoms with Gasteiger partial charge in [-0.15, -0.1) is 23.1 Å². The van der Waals surface area contributed by atoms with Gasteiger partial charge in [0.2, 0.25) is 0 Å². The number of oxime groups is 2. The number of aromatic nitrogens is 1. The van der Waals surface area contributed by atoms with E-state index in [0.29, 0.717) is 0 Å². The van der Waals surface area contributed by atoms with Gasteiger partial charge in [-0.2, -0.15) is 0 Å². The minimum Gasteiger partial charge on any atom is -0.477 e. The van der Waals surface area contributed by atoms with E-state index in [9.17, 15) is 28.3 Å². The number of rotatable bonds is 9. The van der Waals surface area contributed by atoms with Crippen LogP contribution in [0.15, 0.2) is 27.0 Å². The molecule has 32 heavy (non-hydrogen) atoms. The van der Waals surface area contributed by atoms with E-state index in [4.69, 9.17) is 10.6 Å². The summed E-state index contributed by atoms with van der Waals surface area (Å²) in [5.74, 6) is -2.71. The first-order chi connectivity index (χ1) is 15.2. The molecular weight excluding hydrogens is 474 g/mol. The topological polar surface area (TPSA) is 169 Å². The summed E-state index contributed by atoms with van der Waals surface area (Å²) < 4.78 is 24.2. The molecule has 0 aliphatic carbocycles. The van der Waals surface area contributed by atoms with Crippen molar-refractivity contribution in [2.24, 2.45) is 10.3 Å². The van der Waals surface area contributed by atoms with Crippen LogP contribution in [0.1, 0.15) is 5.69 Å². The van der Waals surface area contributed by atoms with Crippen LogP contribution in [0.25, 0.3) is 0 Å². The van der Waals surface area contributed by atoms with Crippen molar-refractivity contribution in [3.8, 4) is 0 Å². The average Bonchev–Trinajstić information content (AvgIpc) is 3.17. The number of carbonyl (C=O) groups is 3. The monoisotopic (exact) mass is 490 g/mol. The highest BCUT2D eigenvalue weighted by Gasteiger charge is 2.54. The Bertz CT molecular complexity index is 1010. The highest BCUT2D eigenvalue weighted by Crippen LogP contribution is 2.40. The van der Waals surface area contributed by atoms with Crippen LogP contribution in [-0.2, 0) is 24.1 Å². The number of thiazole rings is 1. The Morgan fingerprint density at radius 3 is 2.88 bits per heavy atom. The zero-order chi connectivity index (χ0) is 23.4. The number of hydrogen-bond acceptors (Lipinski definition) is 11. The lowest BCUT2D eigenvalue weighted by Gasteiger charge is -2.49. The maximum absolute atomic E-state index is 12.7. The smallest absolute Gasteiger partial charge is 0.352 e. The van der Waals surface area contributed by atoms with E-state index in [2.05, 4.69) is 25.4 Å². The van der Waals surface area contributed by atoms with Crippen molar-refractivity contribution in [1.82, 2.24) is 15.2 Å². The number of β-lactam (4-membered cyclic amide) rings is 1. The number of carboxylic acids is 1. The Kier molecular flexibility index (Phi) is 7.24. The van der Waals surface area contributed by atoms with Gasteiger partial charge < -0.3 is 25.8 Å². The first kappa shape index (κ1) is 23.4. The van der Waals surface area contributed by atoms with Gasteiger partial charge >= 0.3 is 5.97 Å². The fourth-order valence-electron chi connectivity index (χ4n) is 2.90. The third-order valence-electron chi connectivity index (χ3n) is 4.19. The number of anilines is 1. The maximum atomic E-state index is 12.7. The van der Waals surface area contributed by atoms with Gasteiger partial charge in [0, 0.05) is 16.7 Å². The van der Waals surface area contributed by atoms with Gasteiger partial charge in [-0.1, -0.05) is 10.3 Å². The maximum Gasteiger partial charge on any atom is 0.352 e. The van der Waals surface area contributed by atoms with Crippen LogP contribution in [0.3, 0.4) is 0 Å². The largest absolute Gasteiger partial charge is 0.477 e. The molecule has 2 amide bonds. The Morgan fingerprint density at radius 2 is 2.28 bits per heavy atom. The third kappa shape index (κ3) is 4.80. The number of aliphatic carboxylic acids is 1. The fourth-order valence-corrected chi connectivity index (χ4v) is 4.78. The van der Waals surface area contributed by atoms with Crippen LogP contribution in [0, 0.1) is 0 Å². The minimum atomic E-state index is -2.82. The standard InChI is InChI=1S/C16H16F2N6O6S2/c1-29-23-9(7-5-32-16(19)21-7)12(25)22-10-13(26)24-11(15(27)28)6(4-31-14(10)24)3-30-20-2-8(17)18/h2,5,8,10,14H,3-4H2,1H3,(H2,19,21)(H,22,25)(H,27,28)/b20-2?,23-9-/t10-,14-/m1/s1. The summed E-state index contributed by atoms with van der Waals surface area (Å²) in [4.78, 5) is 51.4. The zero-order valence-electron chi connectivity index (χ0n) is 16.2. The molecule has 1 saturated heterocycles. The predicted octanol–water partition coefficient (Wildman–Crippen LogP) is 0.0819. The number of carboxylic acid groups (broad SMARTS) is 1. The number of fused-ring (bicyclic) bond motifs is 1. The minimum absolute atomic E-state index is 0.119. The van der Waals surface area contributed by atoms with E-state index >= 15 is 0 Å². The second kappa shape index (κ2) is 9.90. The number of nitrogen functional groups attached to an aromatic ring is 1. The highest BCUT2D eigenvalue weighted by atomic mass is 32.2. The summed E-state index contributed by atoms with van der Waals surface area (Å²) in [6.07, 6.45) is -2.56. The summed E-state index contributed by atoms with van der Waals surface area (Å²) in [5, 5.41) is 19.7. The molecule has 3 heterocycles. The average molecular weight is 490 g/mol. The molecule has 4 N–H and O–H groups in total. The number of alkyl halides is 2. The molecule has 0 spiro atoms. The Hall–Kier alpha value is -3.27. The van der Waals surface area contributed by atoms with Gasteiger partial charge in [-0.25, -0.2) is 18.6 Å². The molecule has 0 bridgehead atoms. The molecule has 172 valence electrons. The molecule has 12 nitrogen and oxygen atoms in total. The van der Waals surface area contributed by atoms with Crippen LogP contribution in [0.5, 0.6) is 0 Å². The summed E-state index contributed by atoms with van der Waals surface area (Å²) in [7, 11) is 1.23. The number of amides is 2. The molecule has 1 aromatic heterocycles. The number of nitrogens with one attached hydrogen (secondary N) is 1. The van der Waals surface area contributed by atoms with Crippen LogP contribution < -0.4 is 11.1 Å². The number of nitrogens with zero attached hydrogens (tertiary/aromatic N) is 4. The molecule has 16 heteroatoms. The molecule has 0 aromatic carbocycles. The van der Waals surface area contributed by atoms with E-state index in [0.717, 1.165) is 16.2 Å². The van der Waals surface area contributed by atoms with Gasteiger partial charge in [0.1, 0.15) is 42.7 Å². The quantitative estimate of drug-likeness (QED) is 0.247. The summed E-state index contributed by atoms with van der Waals surface area (Å²) >= 11 is 2.25. The van der Waals surface area contributed by atoms with Crippen molar-refractivity contribution >= 4 is 57.9 Å². The summed E-state index contributed by atoms with van der Waals surface area (Å²) in [6.45, 7) is -0.388. The third-order valence-corrected chi connectivity index (χ3v) is 6.20. The summed E-state index contributed by atoms with van der Waals surface area (Å²) in [6, 6.07) is -1.03. The molecule has 3 rings (SSSR count). The number of carbonyl (C=O) groups excluding carboxylic acids is 2. The van der Waals surface area contributed by atoms with E-state index in [-0.39, 0.29) is 46.4 Å². The Morgan fingerprint density at radius 1 is 1.53 bits per heavy atom. The number of hydrogen-bond donors (Lipinski definition) is 3. The molecule has 1 fully saturated rings. The van der Waals surface area contributed by atoms with Gasteiger partial charge in [0.15, 0.2) is 10.8 Å². The lowest BCUT2D eigenvalue weighted by Crippen LogP contribution is -2.71.